The molecule has 0 saturated carbocycles. The Labute approximate surface area is 167 Å². The molecule has 0 spiro atoms. The van der Waals surface area contributed by atoms with Crippen molar-refractivity contribution in [1.29, 1.82) is 0 Å². The molecule has 2 heterocycles. The number of aliphatic hydroxyl groups excluding tert-OH is 6. The molecule has 10 nitrogen and oxygen atoms in total. The maximum atomic E-state index is 10.4. The fourth-order valence-corrected chi connectivity index (χ4v) is 3.39. The van der Waals surface area contributed by atoms with Crippen molar-refractivity contribution < 1.29 is 49.6 Å². The molecule has 0 aliphatic carbocycles. The van der Waals surface area contributed by atoms with Gasteiger partial charge in [-0.1, -0.05) is 0 Å². The van der Waals surface area contributed by atoms with Gasteiger partial charge < -0.3 is 49.6 Å². The van der Waals surface area contributed by atoms with Gasteiger partial charge in [0.2, 0.25) is 0 Å². The van der Waals surface area contributed by atoms with Crippen molar-refractivity contribution in [3.63, 3.8) is 0 Å². The molecule has 2 rings (SSSR count). The van der Waals surface area contributed by atoms with E-state index in [1.807, 2.05) is 0 Å². The Morgan fingerprint density at radius 1 is 0.778 bits per heavy atom. The Hall–Kier alpha value is 0.300. The zero-order valence-corrected chi connectivity index (χ0v) is 16.3. The van der Waals surface area contributed by atoms with Crippen LogP contribution >= 0.6 is 25.3 Å². The standard InChI is InChI=1S/C15H28O10S2/c16-4-6-13(10(19)12(21)14(23-6)22-2-1-3-26)25-15-11(20)9(18)8(17)7(5-27)24-15/h6-21,26-27H,1-5H2/t6?,7?,8-,9?,10?,11-,12?,13+,14+,15-/m0/s1. The summed E-state index contributed by atoms with van der Waals surface area (Å²) >= 11 is 8.06. The molecule has 27 heavy (non-hydrogen) atoms. The van der Waals surface area contributed by atoms with Crippen LogP contribution in [0.25, 0.3) is 0 Å². The van der Waals surface area contributed by atoms with Crippen molar-refractivity contribution in [3.8, 4) is 0 Å². The van der Waals surface area contributed by atoms with Gasteiger partial charge in [-0.15, -0.1) is 0 Å². The first-order chi connectivity index (χ1) is 12.8. The third kappa shape index (κ3) is 5.47. The number of thiol groups is 2. The fraction of sp³-hybridized carbons (Fsp3) is 1.00. The Morgan fingerprint density at radius 3 is 2.00 bits per heavy atom. The van der Waals surface area contributed by atoms with Crippen LogP contribution < -0.4 is 0 Å². The molecule has 0 amide bonds. The van der Waals surface area contributed by atoms with E-state index in [0.717, 1.165) is 0 Å². The summed E-state index contributed by atoms with van der Waals surface area (Å²) in [6.07, 6.45) is -12.8. The molecule has 12 heteroatoms. The summed E-state index contributed by atoms with van der Waals surface area (Å²) in [6.45, 7) is -0.329. The Bertz CT molecular complexity index is 443. The van der Waals surface area contributed by atoms with Gasteiger partial charge in [0.05, 0.1) is 19.3 Å². The van der Waals surface area contributed by atoms with Gasteiger partial charge in [0, 0.05) is 5.75 Å². The van der Waals surface area contributed by atoms with Gasteiger partial charge in [0.15, 0.2) is 12.6 Å². The zero-order valence-electron chi connectivity index (χ0n) is 14.5. The first-order valence-electron chi connectivity index (χ1n) is 8.66. The summed E-state index contributed by atoms with van der Waals surface area (Å²) < 4.78 is 21.7. The van der Waals surface area contributed by atoms with E-state index in [1.165, 1.54) is 0 Å². The second-order valence-corrected chi connectivity index (χ2v) is 7.26. The molecule has 2 aliphatic heterocycles. The van der Waals surface area contributed by atoms with Crippen molar-refractivity contribution in [2.24, 2.45) is 0 Å². The van der Waals surface area contributed by atoms with Crippen LogP contribution in [0.15, 0.2) is 0 Å². The van der Waals surface area contributed by atoms with E-state index in [2.05, 4.69) is 25.3 Å². The van der Waals surface area contributed by atoms with Gasteiger partial charge in [-0.3, -0.25) is 0 Å². The van der Waals surface area contributed by atoms with Gasteiger partial charge in [-0.25, -0.2) is 0 Å². The molecule has 0 aromatic heterocycles. The van der Waals surface area contributed by atoms with E-state index in [1.54, 1.807) is 0 Å². The van der Waals surface area contributed by atoms with Gasteiger partial charge in [0.1, 0.15) is 42.7 Å². The molecule has 0 radical (unpaired) electrons. The molecule has 0 bridgehead atoms. The highest BCUT2D eigenvalue weighted by molar-refractivity contribution is 7.80. The summed E-state index contributed by atoms with van der Waals surface area (Å²) in [6, 6.07) is 0. The lowest BCUT2D eigenvalue weighted by atomic mass is 9.97. The molecule has 6 N–H and O–H groups in total. The lowest BCUT2D eigenvalue weighted by Gasteiger charge is -2.46. The Balaban J connectivity index is 2.06. The summed E-state index contributed by atoms with van der Waals surface area (Å²) in [5.41, 5.74) is 0. The maximum Gasteiger partial charge on any atom is 0.187 e. The topological polar surface area (TPSA) is 158 Å². The van der Waals surface area contributed by atoms with E-state index < -0.39 is 68.0 Å². The van der Waals surface area contributed by atoms with E-state index in [-0.39, 0.29) is 12.4 Å². The minimum absolute atomic E-state index is 0.0433. The average Bonchev–Trinajstić information content (AvgIpc) is 2.67. The summed E-state index contributed by atoms with van der Waals surface area (Å²) in [7, 11) is 0. The Kier molecular flexibility index (Phi) is 9.52. The first kappa shape index (κ1) is 23.6. The molecule has 0 aromatic carbocycles. The highest BCUT2D eigenvalue weighted by atomic mass is 32.1. The Morgan fingerprint density at radius 2 is 1.41 bits per heavy atom. The van der Waals surface area contributed by atoms with Crippen molar-refractivity contribution in [3.05, 3.63) is 0 Å². The monoisotopic (exact) mass is 432 g/mol. The molecule has 2 aliphatic rings. The van der Waals surface area contributed by atoms with Crippen LogP contribution in [0.2, 0.25) is 0 Å². The highest BCUT2D eigenvalue weighted by Gasteiger charge is 2.50. The van der Waals surface area contributed by atoms with Gasteiger partial charge in [-0.2, -0.15) is 25.3 Å². The summed E-state index contributed by atoms with van der Waals surface area (Å²) in [5.74, 6) is 0.611. The van der Waals surface area contributed by atoms with E-state index >= 15 is 0 Å². The SMILES string of the molecule is OCC1O[C@@H](OCCCS)C(O)C(O)[C@@H]1O[C@@H]1OC(CS)[C@H](O)C(O)[C@@H]1O. The lowest BCUT2D eigenvalue weighted by Crippen LogP contribution is -2.64. The van der Waals surface area contributed by atoms with Crippen LogP contribution in [0.4, 0.5) is 0 Å². The molecule has 2 fully saturated rings. The van der Waals surface area contributed by atoms with Crippen molar-refractivity contribution in [2.45, 2.75) is 67.8 Å². The molecular formula is C15H28O10S2. The predicted molar refractivity (Wildman–Crippen MR) is 97.6 cm³/mol. The fourth-order valence-electron chi connectivity index (χ4n) is 2.96. The lowest BCUT2D eigenvalue weighted by molar-refractivity contribution is -0.356. The van der Waals surface area contributed by atoms with Crippen LogP contribution in [0.1, 0.15) is 6.42 Å². The normalized spacial score (nSPS) is 45.8. The van der Waals surface area contributed by atoms with Gasteiger partial charge in [-0.05, 0) is 12.2 Å². The number of rotatable bonds is 8. The number of aliphatic hydroxyl groups is 6. The van der Waals surface area contributed by atoms with Crippen LogP contribution in [0.5, 0.6) is 0 Å². The number of hydrogen-bond donors (Lipinski definition) is 8. The highest BCUT2D eigenvalue weighted by Crippen LogP contribution is 2.29. The third-order valence-electron chi connectivity index (χ3n) is 4.54. The van der Waals surface area contributed by atoms with E-state index in [0.29, 0.717) is 12.2 Å². The number of ether oxygens (including phenoxy) is 4. The number of hydrogen-bond acceptors (Lipinski definition) is 12. The quantitative estimate of drug-likeness (QED) is 0.146. The average molecular weight is 433 g/mol. The summed E-state index contributed by atoms with van der Waals surface area (Å²) in [5, 5.41) is 60.1. The van der Waals surface area contributed by atoms with E-state index in [9.17, 15) is 30.6 Å². The van der Waals surface area contributed by atoms with E-state index in [4.69, 9.17) is 18.9 Å². The zero-order chi connectivity index (χ0) is 20.1. The third-order valence-corrected chi connectivity index (χ3v) is 5.22. The molecule has 5 unspecified atom stereocenters. The maximum absolute atomic E-state index is 10.4. The van der Waals surface area contributed by atoms with Gasteiger partial charge >= 0.3 is 0 Å². The second kappa shape index (κ2) is 10.9. The minimum Gasteiger partial charge on any atom is -0.394 e. The summed E-state index contributed by atoms with van der Waals surface area (Å²) in [4.78, 5) is 0. The second-order valence-electron chi connectivity index (χ2n) is 6.45. The predicted octanol–water partition coefficient (Wildman–Crippen LogP) is -3.12. The molecule has 10 atom stereocenters. The van der Waals surface area contributed by atoms with Crippen LogP contribution in [0.3, 0.4) is 0 Å². The molecule has 160 valence electrons. The van der Waals surface area contributed by atoms with Crippen molar-refractivity contribution >= 4 is 25.3 Å². The van der Waals surface area contributed by atoms with Crippen LogP contribution in [-0.4, -0.2) is 117 Å². The van der Waals surface area contributed by atoms with Gasteiger partial charge in [0.25, 0.3) is 0 Å². The van der Waals surface area contributed by atoms with Crippen LogP contribution in [-0.2, 0) is 18.9 Å². The molecule has 0 aromatic rings. The van der Waals surface area contributed by atoms with Crippen LogP contribution in [0, 0.1) is 0 Å². The largest absolute Gasteiger partial charge is 0.394 e. The van der Waals surface area contributed by atoms with Crippen molar-refractivity contribution in [2.75, 3.05) is 24.7 Å². The smallest absolute Gasteiger partial charge is 0.187 e. The first-order valence-corrected chi connectivity index (χ1v) is 9.93. The minimum atomic E-state index is -1.62. The van der Waals surface area contributed by atoms with Crippen molar-refractivity contribution in [1.82, 2.24) is 0 Å². The molecular weight excluding hydrogens is 404 g/mol. The molecule has 2 saturated heterocycles.